The van der Waals surface area contributed by atoms with Gasteiger partial charge in [-0.05, 0) is 36.2 Å². The van der Waals surface area contributed by atoms with Crippen molar-refractivity contribution in [1.82, 2.24) is 0 Å². The van der Waals surface area contributed by atoms with E-state index in [2.05, 4.69) is 43.9 Å². The summed E-state index contributed by atoms with van der Waals surface area (Å²) in [6.07, 6.45) is 4.03. The van der Waals surface area contributed by atoms with E-state index < -0.39 is 7.11 Å². The van der Waals surface area contributed by atoms with Gasteiger partial charge in [-0.25, -0.2) is 0 Å². The van der Waals surface area contributed by atoms with Gasteiger partial charge in [0.2, 0.25) is 0 Å². The standard InChI is InChI=1S/C13H15OP/c1-15(2,3)14-13-9-8-11-6-4-5-7-12(11)10-13/h4-10H,1H2,2-3H3. The van der Waals surface area contributed by atoms with Gasteiger partial charge < -0.3 is 4.52 Å². The van der Waals surface area contributed by atoms with E-state index in [0.717, 1.165) is 5.75 Å². The van der Waals surface area contributed by atoms with E-state index in [9.17, 15) is 0 Å². The van der Waals surface area contributed by atoms with Crippen LogP contribution in [0.4, 0.5) is 0 Å². The lowest BCUT2D eigenvalue weighted by Gasteiger charge is -2.16. The second kappa shape index (κ2) is 3.75. The van der Waals surface area contributed by atoms with Crippen LogP contribution in [0.1, 0.15) is 0 Å². The lowest BCUT2D eigenvalue weighted by molar-refractivity contribution is 0.621. The summed E-state index contributed by atoms with van der Waals surface area (Å²) in [6.45, 7) is 4.12. The topological polar surface area (TPSA) is 9.23 Å². The Morgan fingerprint density at radius 3 is 2.33 bits per heavy atom. The summed E-state index contributed by atoms with van der Waals surface area (Å²) in [4.78, 5) is 0. The van der Waals surface area contributed by atoms with Crippen molar-refractivity contribution < 1.29 is 4.52 Å². The first-order valence-electron chi connectivity index (χ1n) is 4.91. The van der Waals surface area contributed by atoms with Crippen molar-refractivity contribution in [3.05, 3.63) is 42.5 Å². The van der Waals surface area contributed by atoms with Gasteiger partial charge in [-0.15, -0.1) is 0 Å². The third-order valence-electron chi connectivity index (χ3n) is 2.07. The molecular weight excluding hydrogens is 203 g/mol. The molecule has 2 aromatic carbocycles. The number of hydrogen-bond donors (Lipinski definition) is 0. The summed E-state index contributed by atoms with van der Waals surface area (Å²) in [5.74, 6) is 0.919. The van der Waals surface area contributed by atoms with Crippen molar-refractivity contribution in [2.75, 3.05) is 13.3 Å². The van der Waals surface area contributed by atoms with Crippen LogP contribution >= 0.6 is 7.11 Å². The van der Waals surface area contributed by atoms with Crippen molar-refractivity contribution in [2.45, 2.75) is 0 Å². The van der Waals surface area contributed by atoms with Gasteiger partial charge in [0.1, 0.15) is 5.75 Å². The highest BCUT2D eigenvalue weighted by Crippen LogP contribution is 2.38. The number of rotatable bonds is 2. The van der Waals surface area contributed by atoms with E-state index in [0.29, 0.717) is 0 Å². The summed E-state index contributed by atoms with van der Waals surface area (Å²) in [5.41, 5.74) is 0. The zero-order chi connectivity index (χ0) is 10.9. The van der Waals surface area contributed by atoms with Crippen LogP contribution in [-0.2, 0) is 0 Å². The van der Waals surface area contributed by atoms with Crippen LogP contribution in [0.5, 0.6) is 5.75 Å². The Morgan fingerprint density at radius 2 is 1.67 bits per heavy atom. The Labute approximate surface area is 90.8 Å². The highest BCUT2D eigenvalue weighted by molar-refractivity contribution is 7.68. The van der Waals surface area contributed by atoms with Crippen LogP contribution in [0, 0.1) is 0 Å². The van der Waals surface area contributed by atoms with Crippen molar-refractivity contribution in [3.63, 3.8) is 0 Å². The molecule has 0 heterocycles. The summed E-state index contributed by atoms with van der Waals surface area (Å²) in [6, 6.07) is 14.4. The van der Waals surface area contributed by atoms with Gasteiger partial charge in [0.25, 0.3) is 0 Å². The van der Waals surface area contributed by atoms with Crippen molar-refractivity contribution in [1.29, 1.82) is 0 Å². The normalized spacial score (nSPS) is 11.6. The smallest absolute Gasteiger partial charge is 0.123 e. The van der Waals surface area contributed by atoms with Crippen LogP contribution in [0.15, 0.2) is 42.5 Å². The molecular formula is C13H15OP. The predicted molar refractivity (Wildman–Crippen MR) is 70.5 cm³/mol. The van der Waals surface area contributed by atoms with Gasteiger partial charge in [0.15, 0.2) is 0 Å². The molecule has 0 spiro atoms. The van der Waals surface area contributed by atoms with Crippen LogP contribution in [0.3, 0.4) is 0 Å². The molecule has 0 N–H and O–H groups in total. The minimum Gasteiger partial charge on any atom is -0.478 e. The first-order chi connectivity index (χ1) is 7.04. The zero-order valence-corrected chi connectivity index (χ0v) is 10.00. The SMILES string of the molecule is C=P(C)(C)Oc1ccc2ccccc2c1. The van der Waals surface area contributed by atoms with Crippen LogP contribution in [0.2, 0.25) is 0 Å². The van der Waals surface area contributed by atoms with Crippen LogP contribution in [0.25, 0.3) is 10.8 Å². The molecule has 78 valence electrons. The third kappa shape index (κ3) is 2.64. The van der Waals surface area contributed by atoms with Gasteiger partial charge in [0.05, 0.1) is 0 Å². The summed E-state index contributed by atoms with van der Waals surface area (Å²) >= 11 is 0. The Balaban J connectivity index is 2.43. The average molecular weight is 218 g/mol. The fourth-order valence-electron chi connectivity index (χ4n) is 1.51. The van der Waals surface area contributed by atoms with E-state index in [-0.39, 0.29) is 0 Å². The maximum Gasteiger partial charge on any atom is 0.123 e. The largest absolute Gasteiger partial charge is 0.478 e. The molecule has 2 rings (SSSR count). The quantitative estimate of drug-likeness (QED) is 0.696. The minimum absolute atomic E-state index is 0.919. The molecule has 0 fully saturated rings. The van der Waals surface area contributed by atoms with Gasteiger partial charge in [0, 0.05) is 7.11 Å². The molecule has 0 aliphatic carbocycles. The molecule has 2 aromatic rings. The summed E-state index contributed by atoms with van der Waals surface area (Å²) < 4.78 is 5.81. The van der Waals surface area contributed by atoms with Crippen molar-refractivity contribution >= 4 is 24.2 Å². The lowest BCUT2D eigenvalue weighted by atomic mass is 10.1. The molecule has 0 saturated carbocycles. The molecule has 2 heteroatoms. The molecule has 0 radical (unpaired) electrons. The van der Waals surface area contributed by atoms with E-state index in [1.54, 1.807) is 0 Å². The van der Waals surface area contributed by atoms with Crippen LogP contribution < -0.4 is 4.52 Å². The van der Waals surface area contributed by atoms with E-state index >= 15 is 0 Å². The molecule has 0 unspecified atom stereocenters. The lowest BCUT2D eigenvalue weighted by Crippen LogP contribution is -1.88. The zero-order valence-electron chi connectivity index (χ0n) is 9.10. The van der Waals surface area contributed by atoms with E-state index in [4.69, 9.17) is 4.52 Å². The summed E-state index contributed by atoms with van der Waals surface area (Å²) in [5, 5.41) is 2.45. The Kier molecular flexibility index (Phi) is 2.58. The Morgan fingerprint density at radius 1 is 1.00 bits per heavy atom. The van der Waals surface area contributed by atoms with Crippen LogP contribution in [-0.4, -0.2) is 19.6 Å². The monoisotopic (exact) mass is 218 g/mol. The van der Waals surface area contributed by atoms with E-state index in [1.165, 1.54) is 10.8 Å². The molecule has 0 amide bonds. The first-order valence-corrected chi connectivity index (χ1v) is 7.70. The predicted octanol–water partition coefficient (Wildman–Crippen LogP) is 3.84. The van der Waals surface area contributed by atoms with Crippen molar-refractivity contribution in [2.24, 2.45) is 0 Å². The molecule has 0 aliphatic heterocycles. The minimum atomic E-state index is -1.47. The van der Waals surface area contributed by atoms with Gasteiger partial charge in [-0.3, -0.25) is 0 Å². The molecule has 0 saturated heterocycles. The highest BCUT2D eigenvalue weighted by Gasteiger charge is 2.02. The van der Waals surface area contributed by atoms with Gasteiger partial charge in [-0.1, -0.05) is 36.6 Å². The number of fused-ring (bicyclic) bond motifs is 1. The van der Waals surface area contributed by atoms with Crippen molar-refractivity contribution in [3.8, 4) is 5.75 Å². The summed E-state index contributed by atoms with van der Waals surface area (Å²) in [7, 11) is -1.47. The maximum absolute atomic E-state index is 5.81. The molecule has 15 heavy (non-hydrogen) atoms. The number of benzene rings is 2. The fourth-order valence-corrected chi connectivity index (χ4v) is 2.19. The molecule has 1 nitrogen and oxygen atoms in total. The van der Waals surface area contributed by atoms with Gasteiger partial charge in [-0.2, -0.15) is 0 Å². The first kappa shape index (κ1) is 10.3. The number of hydrogen-bond acceptors (Lipinski definition) is 1. The van der Waals surface area contributed by atoms with Gasteiger partial charge >= 0.3 is 0 Å². The van der Waals surface area contributed by atoms with E-state index in [1.807, 2.05) is 18.2 Å². The molecule has 0 atom stereocenters. The Hall–Kier alpha value is -1.20. The third-order valence-corrected chi connectivity index (χ3v) is 2.78. The second-order valence-electron chi connectivity index (χ2n) is 4.17. The molecule has 0 bridgehead atoms. The average Bonchev–Trinajstić information content (AvgIpc) is 2.15. The fraction of sp³-hybridized carbons (Fsp3) is 0.154. The highest BCUT2D eigenvalue weighted by atomic mass is 31.2. The maximum atomic E-state index is 5.81. The Bertz CT molecular complexity index is 525. The molecule has 0 aliphatic rings. The molecule has 0 aromatic heterocycles. The second-order valence-corrected chi connectivity index (χ2v) is 7.50.